The van der Waals surface area contributed by atoms with E-state index in [2.05, 4.69) is 10.6 Å². The highest BCUT2D eigenvalue weighted by atomic mass is 16.4. The van der Waals surface area contributed by atoms with Crippen LogP contribution in [-0.2, 0) is 9.59 Å². The lowest BCUT2D eigenvalue weighted by Crippen LogP contribution is -2.49. The smallest absolute Gasteiger partial charge is 0.326 e. The molecule has 0 spiro atoms. The van der Waals surface area contributed by atoms with E-state index < -0.39 is 18.0 Å². The van der Waals surface area contributed by atoms with Gasteiger partial charge in [0, 0.05) is 13.1 Å². The first-order chi connectivity index (χ1) is 9.90. The Morgan fingerprint density at radius 2 is 1.76 bits per heavy atom. The van der Waals surface area contributed by atoms with Crippen LogP contribution >= 0.6 is 0 Å². The van der Waals surface area contributed by atoms with Crippen molar-refractivity contribution in [3.05, 3.63) is 0 Å². The fourth-order valence-electron chi connectivity index (χ4n) is 2.31. The normalized spacial score (nSPS) is 16.4. The number of amides is 3. The topological polar surface area (TPSA) is 98.7 Å². The number of rotatable bonds is 6. The lowest BCUT2D eigenvalue weighted by molar-refractivity contribution is -0.139. The number of aliphatic carboxylic acids is 1. The molecule has 3 N–H and O–H groups in total. The molecule has 3 amide bonds. The molecule has 7 nitrogen and oxygen atoms in total. The molecule has 0 radical (unpaired) electrons. The Morgan fingerprint density at radius 3 is 2.29 bits per heavy atom. The summed E-state index contributed by atoms with van der Waals surface area (Å²) in [4.78, 5) is 36.3. The van der Waals surface area contributed by atoms with Gasteiger partial charge in [-0.1, -0.05) is 13.8 Å². The number of piperidine rings is 1. The molecule has 1 fully saturated rings. The average molecular weight is 299 g/mol. The van der Waals surface area contributed by atoms with E-state index in [9.17, 15) is 14.4 Å². The van der Waals surface area contributed by atoms with Crippen molar-refractivity contribution in [3.63, 3.8) is 0 Å². The Labute approximate surface area is 125 Å². The van der Waals surface area contributed by atoms with E-state index in [1.54, 1.807) is 4.90 Å². The van der Waals surface area contributed by atoms with E-state index in [1.807, 2.05) is 13.8 Å². The second-order valence-corrected chi connectivity index (χ2v) is 5.79. The second kappa shape index (κ2) is 8.49. The third-order valence-corrected chi connectivity index (χ3v) is 3.42. The molecule has 1 aliphatic heterocycles. The largest absolute Gasteiger partial charge is 0.480 e. The Hall–Kier alpha value is -1.79. The molecule has 0 aromatic heterocycles. The summed E-state index contributed by atoms with van der Waals surface area (Å²) in [5, 5.41) is 13.9. The summed E-state index contributed by atoms with van der Waals surface area (Å²) < 4.78 is 0. The van der Waals surface area contributed by atoms with Crippen LogP contribution in [0.4, 0.5) is 4.79 Å². The summed E-state index contributed by atoms with van der Waals surface area (Å²) in [5.74, 6) is -1.04. The number of carbonyl (C=O) groups is 3. The third kappa shape index (κ3) is 6.46. The van der Waals surface area contributed by atoms with Gasteiger partial charge in [-0.05, 0) is 31.6 Å². The van der Waals surface area contributed by atoms with Crippen molar-refractivity contribution >= 4 is 17.9 Å². The van der Waals surface area contributed by atoms with Gasteiger partial charge in [0.05, 0.1) is 6.54 Å². The minimum atomic E-state index is -1.07. The summed E-state index contributed by atoms with van der Waals surface area (Å²) in [6, 6.07) is -1.55. The second-order valence-electron chi connectivity index (χ2n) is 5.79. The van der Waals surface area contributed by atoms with Crippen molar-refractivity contribution in [2.75, 3.05) is 19.6 Å². The number of likely N-dealkylation sites (tertiary alicyclic amines) is 1. The van der Waals surface area contributed by atoms with Gasteiger partial charge in [0.1, 0.15) is 6.04 Å². The van der Waals surface area contributed by atoms with Crippen LogP contribution in [-0.4, -0.2) is 53.6 Å². The highest BCUT2D eigenvalue weighted by Gasteiger charge is 2.22. The zero-order valence-electron chi connectivity index (χ0n) is 12.7. The van der Waals surface area contributed by atoms with E-state index >= 15 is 0 Å². The van der Waals surface area contributed by atoms with E-state index in [0.717, 1.165) is 32.4 Å². The standard InChI is InChI=1S/C14H25N3O4/c1-10(2)8-11(13(19)20)16-14(21)15-9-12(18)17-6-4-3-5-7-17/h10-11H,3-9H2,1-2H3,(H,19,20)(H2,15,16,21)/t11-/m1/s1. The fourth-order valence-corrected chi connectivity index (χ4v) is 2.31. The van der Waals surface area contributed by atoms with Gasteiger partial charge in [0.25, 0.3) is 0 Å². The molecule has 1 saturated heterocycles. The molecular weight excluding hydrogens is 274 g/mol. The van der Waals surface area contributed by atoms with Crippen molar-refractivity contribution in [2.45, 2.75) is 45.6 Å². The Morgan fingerprint density at radius 1 is 1.14 bits per heavy atom. The Bertz CT molecular complexity index is 378. The molecule has 1 atom stereocenters. The van der Waals surface area contributed by atoms with Crippen LogP contribution in [0.1, 0.15) is 39.5 Å². The van der Waals surface area contributed by atoms with Crippen LogP contribution < -0.4 is 10.6 Å². The molecule has 7 heteroatoms. The number of nitrogens with zero attached hydrogens (tertiary/aromatic N) is 1. The lowest BCUT2D eigenvalue weighted by Gasteiger charge is -2.26. The molecule has 0 aliphatic carbocycles. The monoisotopic (exact) mass is 299 g/mol. The van der Waals surface area contributed by atoms with Gasteiger partial charge in [-0.2, -0.15) is 0 Å². The molecule has 0 saturated carbocycles. The molecule has 1 aliphatic rings. The van der Waals surface area contributed by atoms with Crippen molar-refractivity contribution in [1.29, 1.82) is 0 Å². The van der Waals surface area contributed by atoms with E-state index in [1.165, 1.54) is 0 Å². The Kier molecular flexibility index (Phi) is 6.98. The van der Waals surface area contributed by atoms with Crippen LogP contribution in [0.25, 0.3) is 0 Å². The maximum Gasteiger partial charge on any atom is 0.326 e. The summed E-state index contributed by atoms with van der Waals surface area (Å²) >= 11 is 0. The van der Waals surface area contributed by atoms with Crippen LogP contribution in [0.5, 0.6) is 0 Å². The SMILES string of the molecule is CC(C)C[C@@H](NC(=O)NCC(=O)N1CCCCC1)C(=O)O. The highest BCUT2D eigenvalue weighted by Crippen LogP contribution is 2.08. The number of nitrogens with one attached hydrogen (secondary N) is 2. The quantitative estimate of drug-likeness (QED) is 0.675. The van der Waals surface area contributed by atoms with Crippen molar-refractivity contribution in [3.8, 4) is 0 Å². The molecule has 0 aromatic carbocycles. The number of carboxylic acid groups (broad SMARTS) is 1. The van der Waals surface area contributed by atoms with E-state index in [-0.39, 0.29) is 18.4 Å². The molecular formula is C14H25N3O4. The van der Waals surface area contributed by atoms with Crippen molar-refractivity contribution in [1.82, 2.24) is 15.5 Å². The van der Waals surface area contributed by atoms with E-state index in [0.29, 0.717) is 6.42 Å². The number of hydrogen-bond donors (Lipinski definition) is 3. The van der Waals surface area contributed by atoms with Gasteiger partial charge in [-0.15, -0.1) is 0 Å². The zero-order chi connectivity index (χ0) is 15.8. The minimum absolute atomic E-state index is 0.0974. The number of urea groups is 1. The summed E-state index contributed by atoms with van der Waals surface area (Å²) in [6.07, 6.45) is 3.47. The summed E-state index contributed by atoms with van der Waals surface area (Å²) in [5.41, 5.74) is 0. The summed E-state index contributed by atoms with van der Waals surface area (Å²) in [6.45, 7) is 5.13. The first-order valence-electron chi connectivity index (χ1n) is 7.45. The van der Waals surface area contributed by atoms with Gasteiger partial charge in [-0.25, -0.2) is 9.59 Å². The molecule has 1 heterocycles. The van der Waals surface area contributed by atoms with Crippen LogP contribution in [0, 0.1) is 5.92 Å². The average Bonchev–Trinajstić information content (AvgIpc) is 2.44. The van der Waals surface area contributed by atoms with Crippen LogP contribution in [0.15, 0.2) is 0 Å². The van der Waals surface area contributed by atoms with Gasteiger partial charge >= 0.3 is 12.0 Å². The van der Waals surface area contributed by atoms with Gasteiger partial charge < -0.3 is 20.6 Å². The van der Waals surface area contributed by atoms with Crippen molar-refractivity contribution < 1.29 is 19.5 Å². The first kappa shape index (κ1) is 17.3. The minimum Gasteiger partial charge on any atom is -0.480 e. The molecule has 0 bridgehead atoms. The van der Waals surface area contributed by atoms with Gasteiger partial charge in [-0.3, -0.25) is 4.79 Å². The van der Waals surface area contributed by atoms with Gasteiger partial charge in [0.2, 0.25) is 5.91 Å². The molecule has 120 valence electrons. The predicted octanol–water partition coefficient (Wildman–Crippen LogP) is 0.797. The molecule has 21 heavy (non-hydrogen) atoms. The molecule has 1 rings (SSSR count). The van der Waals surface area contributed by atoms with Crippen molar-refractivity contribution in [2.24, 2.45) is 5.92 Å². The van der Waals surface area contributed by atoms with E-state index in [4.69, 9.17) is 5.11 Å². The predicted molar refractivity (Wildman–Crippen MR) is 77.8 cm³/mol. The first-order valence-corrected chi connectivity index (χ1v) is 7.45. The fraction of sp³-hybridized carbons (Fsp3) is 0.786. The maximum atomic E-state index is 11.9. The summed E-state index contributed by atoms with van der Waals surface area (Å²) in [7, 11) is 0. The Balaban J connectivity index is 2.34. The number of carbonyl (C=O) groups excluding carboxylic acids is 2. The van der Waals surface area contributed by atoms with Gasteiger partial charge in [0.15, 0.2) is 0 Å². The lowest BCUT2D eigenvalue weighted by atomic mass is 10.0. The van der Waals surface area contributed by atoms with Crippen LogP contribution in [0.2, 0.25) is 0 Å². The zero-order valence-corrected chi connectivity index (χ0v) is 12.7. The molecule has 0 unspecified atom stereocenters. The molecule has 0 aromatic rings. The third-order valence-electron chi connectivity index (χ3n) is 3.42. The highest BCUT2D eigenvalue weighted by molar-refractivity contribution is 5.86. The van der Waals surface area contributed by atoms with Crippen LogP contribution in [0.3, 0.4) is 0 Å². The number of carboxylic acids is 1. The number of hydrogen-bond acceptors (Lipinski definition) is 3. The maximum absolute atomic E-state index is 11.9.